The Morgan fingerprint density at radius 2 is 2.07 bits per heavy atom. The van der Waals surface area contributed by atoms with Crippen molar-refractivity contribution in [2.24, 2.45) is 0 Å². The van der Waals surface area contributed by atoms with E-state index in [0.29, 0.717) is 0 Å². The predicted molar refractivity (Wildman–Crippen MR) is 42.7 cm³/mol. The molecule has 0 amide bonds. The van der Waals surface area contributed by atoms with E-state index in [9.17, 15) is 18.0 Å². The van der Waals surface area contributed by atoms with Crippen molar-refractivity contribution in [3.05, 3.63) is 0 Å². The number of hydrogen-bond acceptors (Lipinski definition) is 3. The highest BCUT2D eigenvalue weighted by Crippen LogP contribution is 2.48. The van der Waals surface area contributed by atoms with E-state index in [1.165, 1.54) is 0 Å². The van der Waals surface area contributed by atoms with Crippen molar-refractivity contribution in [1.29, 1.82) is 0 Å². The minimum absolute atomic E-state index is 0.0376. The molecule has 14 heavy (non-hydrogen) atoms. The average molecular weight is 211 g/mol. The fraction of sp³-hybridized carbons (Fsp3) is 0.875. The average Bonchev–Trinajstić information content (AvgIpc) is 2.80. The number of halogens is 3. The fourth-order valence-electron chi connectivity index (χ4n) is 1.14. The van der Waals surface area contributed by atoms with E-state index in [2.05, 4.69) is 10.1 Å². The third kappa shape index (κ3) is 2.37. The second-order valence-corrected chi connectivity index (χ2v) is 3.24. The molecule has 0 bridgehead atoms. The zero-order valence-corrected chi connectivity index (χ0v) is 7.78. The van der Waals surface area contributed by atoms with Gasteiger partial charge in [0.15, 0.2) is 0 Å². The largest absolute Gasteiger partial charge is 0.465 e. The van der Waals surface area contributed by atoms with Crippen LogP contribution in [0, 0.1) is 0 Å². The third-order valence-corrected chi connectivity index (χ3v) is 2.17. The van der Waals surface area contributed by atoms with E-state index in [4.69, 9.17) is 0 Å². The summed E-state index contributed by atoms with van der Waals surface area (Å²) in [5.41, 5.74) is -1.83. The van der Waals surface area contributed by atoms with Crippen molar-refractivity contribution in [1.82, 2.24) is 5.32 Å². The lowest BCUT2D eigenvalue weighted by molar-refractivity contribution is -0.167. The lowest BCUT2D eigenvalue weighted by Crippen LogP contribution is -2.47. The summed E-state index contributed by atoms with van der Waals surface area (Å²) in [4.78, 5) is 10.8. The van der Waals surface area contributed by atoms with Crippen LogP contribution in [0.15, 0.2) is 0 Å². The first kappa shape index (κ1) is 11.3. The summed E-state index contributed by atoms with van der Waals surface area (Å²) in [5, 5.41) is 2.20. The lowest BCUT2D eigenvalue weighted by Gasteiger charge is -2.19. The summed E-state index contributed by atoms with van der Waals surface area (Å²) in [5.74, 6) is -0.650. The zero-order valence-electron chi connectivity index (χ0n) is 7.78. The maximum atomic E-state index is 12.3. The second kappa shape index (κ2) is 3.76. The van der Waals surface area contributed by atoms with Gasteiger partial charge in [-0.25, -0.2) is 0 Å². The van der Waals surface area contributed by atoms with E-state index in [-0.39, 0.29) is 26.0 Å². The molecule has 1 rings (SSSR count). The van der Waals surface area contributed by atoms with E-state index < -0.39 is 17.7 Å². The van der Waals surface area contributed by atoms with Crippen LogP contribution in [-0.4, -0.2) is 30.8 Å². The smallest absolute Gasteiger partial charge is 0.406 e. The normalized spacial score (nSPS) is 19.1. The molecule has 3 nitrogen and oxygen atoms in total. The first-order chi connectivity index (χ1) is 6.41. The van der Waals surface area contributed by atoms with Crippen LogP contribution in [0.5, 0.6) is 0 Å². The quantitative estimate of drug-likeness (QED) is 0.711. The molecule has 0 unspecified atom stereocenters. The molecule has 0 atom stereocenters. The summed E-state index contributed by atoms with van der Waals surface area (Å²) in [6.07, 6.45) is -4.20. The number of carbonyl (C=O) groups excluding carboxylic acids is 1. The molecule has 1 saturated carbocycles. The highest BCUT2D eigenvalue weighted by molar-refractivity contribution is 5.71. The Kier molecular flexibility index (Phi) is 3.04. The van der Waals surface area contributed by atoms with Gasteiger partial charge >= 0.3 is 12.1 Å². The molecule has 0 spiro atoms. The molecule has 6 heteroatoms. The molecule has 0 radical (unpaired) electrons. The Morgan fingerprint density at radius 3 is 2.43 bits per heavy atom. The molecule has 0 aromatic carbocycles. The van der Waals surface area contributed by atoms with Crippen LogP contribution < -0.4 is 5.32 Å². The number of alkyl halides is 3. The standard InChI is InChI=1S/C8H12F3NO2/c1-2-14-6(13)5-12-7(3-4-7)8(9,10)11/h12H,2-5H2,1H3. The number of carbonyl (C=O) groups is 1. The highest BCUT2D eigenvalue weighted by atomic mass is 19.4. The Balaban J connectivity index is 2.35. The van der Waals surface area contributed by atoms with Gasteiger partial charge in [-0.05, 0) is 19.8 Å². The molecular formula is C8H12F3NO2. The van der Waals surface area contributed by atoms with Gasteiger partial charge in [-0.15, -0.1) is 0 Å². The maximum Gasteiger partial charge on any atom is 0.406 e. The predicted octanol–water partition coefficient (Wildman–Crippen LogP) is 1.23. The number of nitrogens with one attached hydrogen (secondary N) is 1. The van der Waals surface area contributed by atoms with E-state index in [1.807, 2.05) is 0 Å². The van der Waals surface area contributed by atoms with Gasteiger partial charge < -0.3 is 4.74 Å². The van der Waals surface area contributed by atoms with Gasteiger partial charge in [0, 0.05) is 0 Å². The number of rotatable bonds is 4. The van der Waals surface area contributed by atoms with Crippen LogP contribution in [-0.2, 0) is 9.53 Å². The lowest BCUT2D eigenvalue weighted by atomic mass is 10.2. The molecule has 0 saturated heterocycles. The minimum Gasteiger partial charge on any atom is -0.465 e. The van der Waals surface area contributed by atoms with Crippen LogP contribution in [0.3, 0.4) is 0 Å². The van der Waals surface area contributed by atoms with E-state index in [1.54, 1.807) is 6.92 Å². The zero-order chi connectivity index (χ0) is 10.8. The monoisotopic (exact) mass is 211 g/mol. The first-order valence-corrected chi connectivity index (χ1v) is 4.39. The molecular weight excluding hydrogens is 199 g/mol. The summed E-state index contributed by atoms with van der Waals surface area (Å²) < 4.78 is 41.5. The van der Waals surface area contributed by atoms with Crippen molar-refractivity contribution in [2.75, 3.05) is 13.2 Å². The summed E-state index contributed by atoms with van der Waals surface area (Å²) >= 11 is 0. The van der Waals surface area contributed by atoms with Gasteiger partial charge in [0.1, 0.15) is 5.54 Å². The molecule has 82 valence electrons. The first-order valence-electron chi connectivity index (χ1n) is 4.39. The Morgan fingerprint density at radius 1 is 1.50 bits per heavy atom. The Bertz CT molecular complexity index is 223. The Labute approximate surface area is 79.6 Å². The SMILES string of the molecule is CCOC(=O)CNC1(C(F)(F)F)CC1. The van der Waals surface area contributed by atoms with Gasteiger partial charge in [0.2, 0.25) is 0 Å². The summed E-state index contributed by atoms with van der Waals surface area (Å²) in [6.45, 7) is 1.40. The molecule has 0 aliphatic heterocycles. The van der Waals surface area contributed by atoms with Crippen LogP contribution in [0.4, 0.5) is 13.2 Å². The number of ether oxygens (including phenoxy) is 1. The van der Waals surface area contributed by atoms with Gasteiger partial charge in [-0.1, -0.05) is 0 Å². The molecule has 1 aliphatic carbocycles. The molecule has 0 heterocycles. The highest BCUT2D eigenvalue weighted by Gasteiger charge is 2.63. The topological polar surface area (TPSA) is 38.3 Å². The van der Waals surface area contributed by atoms with Gasteiger partial charge in [0.25, 0.3) is 0 Å². The molecule has 1 N–H and O–H groups in total. The fourth-order valence-corrected chi connectivity index (χ4v) is 1.14. The van der Waals surface area contributed by atoms with Crippen LogP contribution in [0.25, 0.3) is 0 Å². The van der Waals surface area contributed by atoms with E-state index in [0.717, 1.165) is 0 Å². The van der Waals surface area contributed by atoms with Crippen molar-refractivity contribution < 1.29 is 22.7 Å². The molecule has 1 aliphatic rings. The molecule has 0 aromatic heterocycles. The summed E-state index contributed by atoms with van der Waals surface area (Å²) in [7, 11) is 0. The van der Waals surface area contributed by atoms with Crippen LogP contribution in [0.2, 0.25) is 0 Å². The third-order valence-electron chi connectivity index (χ3n) is 2.17. The number of esters is 1. The van der Waals surface area contributed by atoms with Crippen LogP contribution >= 0.6 is 0 Å². The minimum atomic E-state index is -4.28. The maximum absolute atomic E-state index is 12.3. The van der Waals surface area contributed by atoms with Crippen LogP contribution in [0.1, 0.15) is 19.8 Å². The van der Waals surface area contributed by atoms with Crippen molar-refractivity contribution in [2.45, 2.75) is 31.5 Å². The molecule has 1 fully saturated rings. The number of hydrogen-bond donors (Lipinski definition) is 1. The van der Waals surface area contributed by atoms with Gasteiger partial charge in [-0.3, -0.25) is 10.1 Å². The van der Waals surface area contributed by atoms with Gasteiger partial charge in [-0.2, -0.15) is 13.2 Å². The van der Waals surface area contributed by atoms with E-state index >= 15 is 0 Å². The van der Waals surface area contributed by atoms with Gasteiger partial charge in [0.05, 0.1) is 13.2 Å². The van der Waals surface area contributed by atoms with Crippen molar-refractivity contribution in [3.8, 4) is 0 Å². The molecule has 0 aromatic rings. The summed E-state index contributed by atoms with van der Waals surface area (Å²) in [6, 6.07) is 0. The second-order valence-electron chi connectivity index (χ2n) is 3.24. The van der Waals surface area contributed by atoms with Crippen molar-refractivity contribution in [3.63, 3.8) is 0 Å². The Hall–Kier alpha value is -0.780. The van der Waals surface area contributed by atoms with Crippen molar-refractivity contribution >= 4 is 5.97 Å².